The van der Waals surface area contributed by atoms with Crippen molar-refractivity contribution in [3.05, 3.63) is 58.6 Å². The summed E-state index contributed by atoms with van der Waals surface area (Å²) in [6, 6.07) is 13.4. The fraction of sp³-hybridized carbons (Fsp3) is 0.167. The van der Waals surface area contributed by atoms with Crippen LogP contribution in [0.4, 0.5) is 0 Å². The molecule has 0 saturated heterocycles. The summed E-state index contributed by atoms with van der Waals surface area (Å²) in [4.78, 5) is 12.5. The van der Waals surface area contributed by atoms with Crippen LogP contribution in [-0.2, 0) is 15.6 Å². The van der Waals surface area contributed by atoms with E-state index >= 15 is 0 Å². The number of amides is 1. The number of hydrogen-bond acceptors (Lipinski definition) is 4. The van der Waals surface area contributed by atoms with Crippen LogP contribution in [0.3, 0.4) is 0 Å². The SMILES string of the molecule is CC#CCOc1ccc(S(=O)[C@H](C(=O)NO)c2ccc(Br)cc2)cc1. The molecule has 2 N–H and O–H groups in total. The van der Waals surface area contributed by atoms with Crippen LogP contribution in [0.5, 0.6) is 5.75 Å². The predicted molar refractivity (Wildman–Crippen MR) is 98.6 cm³/mol. The van der Waals surface area contributed by atoms with Gasteiger partial charge in [-0.05, 0) is 48.9 Å². The topological polar surface area (TPSA) is 75.6 Å². The van der Waals surface area contributed by atoms with Crippen LogP contribution in [0.1, 0.15) is 17.7 Å². The van der Waals surface area contributed by atoms with Crippen molar-refractivity contribution in [2.24, 2.45) is 0 Å². The Bertz CT molecular complexity index is 810. The first-order valence-corrected chi connectivity index (χ1v) is 9.30. The van der Waals surface area contributed by atoms with Gasteiger partial charge in [-0.25, -0.2) is 5.48 Å². The average Bonchev–Trinajstić information content (AvgIpc) is 2.64. The summed E-state index contributed by atoms with van der Waals surface area (Å²) < 4.78 is 19.1. The molecule has 0 aromatic heterocycles. The van der Waals surface area contributed by atoms with Gasteiger partial charge in [0.25, 0.3) is 5.91 Å². The molecular formula is C18H16BrNO4S. The second-order valence-electron chi connectivity index (χ2n) is 4.89. The zero-order valence-corrected chi connectivity index (χ0v) is 15.8. The standard InChI is InChI=1S/C18H16BrNO4S/c1-2-3-12-24-15-8-10-16(11-9-15)25(23)17(18(21)20-22)13-4-6-14(19)7-5-13/h4-11,17,22H,12H2,1H3,(H,20,21)/t17-,25?/m0/s1. The summed E-state index contributed by atoms with van der Waals surface area (Å²) in [6.45, 7) is 2.00. The van der Waals surface area contributed by atoms with E-state index in [0.29, 0.717) is 16.2 Å². The first-order valence-electron chi connectivity index (χ1n) is 7.29. The van der Waals surface area contributed by atoms with Gasteiger partial charge in [-0.1, -0.05) is 34.0 Å². The molecule has 130 valence electrons. The van der Waals surface area contributed by atoms with Crippen LogP contribution in [0.2, 0.25) is 0 Å². The molecule has 0 heterocycles. The number of ether oxygens (including phenoxy) is 1. The number of carbonyl (C=O) groups excluding carboxylic acids is 1. The highest BCUT2D eigenvalue weighted by Gasteiger charge is 2.28. The largest absolute Gasteiger partial charge is 0.481 e. The maximum atomic E-state index is 12.9. The summed E-state index contributed by atoms with van der Waals surface area (Å²) in [7, 11) is -1.70. The lowest BCUT2D eigenvalue weighted by Crippen LogP contribution is -2.29. The predicted octanol–water partition coefficient (Wildman–Crippen LogP) is 3.21. The van der Waals surface area contributed by atoms with Crippen molar-refractivity contribution < 1.29 is 18.9 Å². The van der Waals surface area contributed by atoms with Crippen molar-refractivity contribution in [1.82, 2.24) is 5.48 Å². The fourth-order valence-corrected chi connectivity index (χ4v) is 3.66. The van der Waals surface area contributed by atoms with E-state index in [1.165, 1.54) is 0 Å². The van der Waals surface area contributed by atoms with E-state index in [0.717, 1.165) is 4.47 Å². The van der Waals surface area contributed by atoms with E-state index in [4.69, 9.17) is 9.94 Å². The molecule has 0 radical (unpaired) electrons. The second-order valence-corrected chi connectivity index (χ2v) is 7.35. The van der Waals surface area contributed by atoms with Gasteiger partial charge in [-0.15, -0.1) is 5.92 Å². The monoisotopic (exact) mass is 421 g/mol. The minimum atomic E-state index is -1.70. The molecule has 0 bridgehead atoms. The van der Waals surface area contributed by atoms with Crippen molar-refractivity contribution in [3.8, 4) is 17.6 Å². The molecule has 1 amide bonds. The van der Waals surface area contributed by atoms with Crippen molar-refractivity contribution in [2.45, 2.75) is 17.1 Å². The minimum Gasteiger partial charge on any atom is -0.481 e. The molecule has 2 aromatic carbocycles. The Hall–Kier alpha value is -2.14. The molecule has 2 aromatic rings. The van der Waals surface area contributed by atoms with Crippen LogP contribution in [0.15, 0.2) is 57.9 Å². The molecule has 5 nitrogen and oxygen atoms in total. The maximum absolute atomic E-state index is 12.9. The molecule has 0 spiro atoms. The Balaban J connectivity index is 2.25. The van der Waals surface area contributed by atoms with Gasteiger partial charge in [-0.2, -0.15) is 0 Å². The molecule has 0 aliphatic heterocycles. The molecule has 0 aliphatic rings. The second kappa shape index (κ2) is 9.37. The molecule has 0 aliphatic carbocycles. The number of nitrogens with one attached hydrogen (secondary N) is 1. The van der Waals surface area contributed by atoms with Gasteiger partial charge < -0.3 is 4.74 Å². The Morgan fingerprint density at radius 1 is 1.24 bits per heavy atom. The lowest BCUT2D eigenvalue weighted by Gasteiger charge is -2.15. The molecule has 2 rings (SSSR count). The zero-order chi connectivity index (χ0) is 18.2. The lowest BCUT2D eigenvalue weighted by atomic mass is 10.1. The van der Waals surface area contributed by atoms with Gasteiger partial charge in [0.2, 0.25) is 0 Å². The molecular weight excluding hydrogens is 406 g/mol. The number of halogens is 1. The highest BCUT2D eigenvalue weighted by molar-refractivity contribution is 9.10. The van der Waals surface area contributed by atoms with E-state index in [1.54, 1.807) is 60.9 Å². The van der Waals surface area contributed by atoms with Crippen LogP contribution < -0.4 is 10.2 Å². The van der Waals surface area contributed by atoms with Gasteiger partial charge >= 0.3 is 0 Å². The Morgan fingerprint density at radius 3 is 2.44 bits per heavy atom. The third-order valence-electron chi connectivity index (χ3n) is 3.28. The van der Waals surface area contributed by atoms with Crippen molar-refractivity contribution in [1.29, 1.82) is 0 Å². The summed E-state index contributed by atoms with van der Waals surface area (Å²) in [5.74, 6) is 5.37. The van der Waals surface area contributed by atoms with Crippen LogP contribution in [0.25, 0.3) is 0 Å². The average molecular weight is 422 g/mol. The van der Waals surface area contributed by atoms with Crippen LogP contribution in [0, 0.1) is 11.8 Å². The summed E-state index contributed by atoms with van der Waals surface area (Å²) in [5.41, 5.74) is 2.12. The highest BCUT2D eigenvalue weighted by Crippen LogP contribution is 2.28. The number of benzene rings is 2. The molecule has 0 fully saturated rings. The number of hydrogen-bond donors (Lipinski definition) is 2. The Morgan fingerprint density at radius 2 is 1.88 bits per heavy atom. The van der Waals surface area contributed by atoms with E-state index < -0.39 is 22.0 Å². The van der Waals surface area contributed by atoms with E-state index in [-0.39, 0.29) is 6.61 Å². The third kappa shape index (κ3) is 5.16. The molecule has 0 saturated carbocycles. The van der Waals surface area contributed by atoms with Crippen molar-refractivity contribution in [2.75, 3.05) is 6.61 Å². The van der Waals surface area contributed by atoms with Crippen molar-refractivity contribution in [3.63, 3.8) is 0 Å². The fourth-order valence-electron chi connectivity index (χ4n) is 2.07. The lowest BCUT2D eigenvalue weighted by molar-refractivity contribution is -0.128. The van der Waals surface area contributed by atoms with Crippen LogP contribution in [-0.4, -0.2) is 21.9 Å². The van der Waals surface area contributed by atoms with E-state index in [2.05, 4.69) is 27.8 Å². The minimum absolute atomic E-state index is 0.271. The first kappa shape index (κ1) is 19.2. The first-order chi connectivity index (χ1) is 12.1. The van der Waals surface area contributed by atoms with E-state index in [1.807, 2.05) is 0 Å². The molecule has 1 unspecified atom stereocenters. The van der Waals surface area contributed by atoms with Gasteiger partial charge in [-0.3, -0.25) is 14.2 Å². The smallest absolute Gasteiger partial charge is 0.263 e. The normalized spacial score (nSPS) is 12.4. The van der Waals surface area contributed by atoms with Gasteiger partial charge in [0, 0.05) is 9.37 Å². The summed E-state index contributed by atoms with van der Waals surface area (Å²) in [6.07, 6.45) is 0. The molecule has 25 heavy (non-hydrogen) atoms. The third-order valence-corrected chi connectivity index (χ3v) is 5.46. The van der Waals surface area contributed by atoms with E-state index in [9.17, 15) is 9.00 Å². The molecule has 7 heteroatoms. The van der Waals surface area contributed by atoms with Gasteiger partial charge in [0.1, 0.15) is 17.6 Å². The highest BCUT2D eigenvalue weighted by atomic mass is 79.9. The summed E-state index contributed by atoms with van der Waals surface area (Å²) in [5, 5.41) is 7.97. The molecule has 2 atom stereocenters. The van der Waals surface area contributed by atoms with Crippen LogP contribution >= 0.6 is 15.9 Å². The maximum Gasteiger partial charge on any atom is 0.263 e. The quantitative estimate of drug-likeness (QED) is 0.426. The van der Waals surface area contributed by atoms with Gasteiger partial charge in [0.15, 0.2) is 0 Å². The Labute approximate surface area is 156 Å². The van der Waals surface area contributed by atoms with Gasteiger partial charge in [0.05, 0.1) is 10.8 Å². The number of hydroxylamine groups is 1. The van der Waals surface area contributed by atoms with Crippen molar-refractivity contribution >= 4 is 32.6 Å². The number of carbonyl (C=O) groups is 1. The Kier molecular flexibility index (Phi) is 7.19. The summed E-state index contributed by atoms with van der Waals surface area (Å²) >= 11 is 3.32. The zero-order valence-electron chi connectivity index (χ0n) is 13.4. The number of rotatable bonds is 6.